The molecule has 0 aromatic heterocycles. The average Bonchev–Trinajstić information content (AvgIpc) is 2.91. The predicted octanol–water partition coefficient (Wildman–Crippen LogP) is 4.03. The summed E-state index contributed by atoms with van der Waals surface area (Å²) in [7, 11) is 3.16. The van der Waals surface area contributed by atoms with Gasteiger partial charge < -0.3 is 18.9 Å². The number of methoxy groups -OCH3 is 2. The third-order valence-corrected chi connectivity index (χ3v) is 3.98. The van der Waals surface area contributed by atoms with Crippen LogP contribution < -0.4 is 18.9 Å². The lowest BCUT2D eigenvalue weighted by Crippen LogP contribution is -2.00. The second-order valence-corrected chi connectivity index (χ2v) is 5.59. The Morgan fingerprint density at radius 1 is 1.08 bits per heavy atom. The standard InChI is InChI=1S/C20H20O5/c1-5-24-15-8-12(2)19-17(11-15)25-18(20(19)21)9-13-6-7-14(22-3)10-16(13)23-4/h6-11H,5H2,1-4H3/b18-9-. The van der Waals surface area contributed by atoms with Gasteiger partial charge in [0.1, 0.15) is 23.0 Å². The van der Waals surface area contributed by atoms with Gasteiger partial charge in [0.2, 0.25) is 5.78 Å². The molecule has 5 heteroatoms. The van der Waals surface area contributed by atoms with E-state index >= 15 is 0 Å². The Morgan fingerprint density at radius 2 is 1.88 bits per heavy atom. The van der Waals surface area contributed by atoms with Crippen LogP contribution in [0.1, 0.15) is 28.4 Å². The summed E-state index contributed by atoms with van der Waals surface area (Å²) < 4.78 is 21.9. The highest BCUT2D eigenvalue weighted by molar-refractivity contribution is 6.15. The van der Waals surface area contributed by atoms with Gasteiger partial charge in [0, 0.05) is 17.7 Å². The summed E-state index contributed by atoms with van der Waals surface area (Å²) in [5, 5.41) is 0. The molecular weight excluding hydrogens is 320 g/mol. The van der Waals surface area contributed by atoms with Crippen molar-refractivity contribution in [1.29, 1.82) is 0 Å². The zero-order valence-electron chi connectivity index (χ0n) is 14.7. The van der Waals surface area contributed by atoms with E-state index in [1.54, 1.807) is 38.5 Å². The first-order chi connectivity index (χ1) is 12.1. The van der Waals surface area contributed by atoms with Crippen LogP contribution in [0.2, 0.25) is 0 Å². The SMILES string of the molecule is CCOc1cc(C)c2c(c1)O/C(=C\c1ccc(OC)cc1OC)C2=O. The Bertz CT molecular complexity index is 851. The van der Waals surface area contributed by atoms with Crippen molar-refractivity contribution in [2.24, 2.45) is 0 Å². The van der Waals surface area contributed by atoms with E-state index in [1.165, 1.54) is 0 Å². The number of aryl methyl sites for hydroxylation is 1. The van der Waals surface area contributed by atoms with Crippen LogP contribution in [-0.2, 0) is 0 Å². The number of rotatable bonds is 5. The molecule has 2 aromatic rings. The second-order valence-electron chi connectivity index (χ2n) is 5.59. The first-order valence-corrected chi connectivity index (χ1v) is 8.01. The molecule has 0 fully saturated rings. The van der Waals surface area contributed by atoms with Crippen LogP contribution in [0.5, 0.6) is 23.0 Å². The summed E-state index contributed by atoms with van der Waals surface area (Å²) in [6.07, 6.45) is 1.68. The summed E-state index contributed by atoms with van der Waals surface area (Å²) in [4.78, 5) is 12.7. The van der Waals surface area contributed by atoms with Crippen molar-refractivity contribution in [3.05, 3.63) is 52.8 Å². The maximum atomic E-state index is 12.7. The van der Waals surface area contributed by atoms with E-state index in [9.17, 15) is 4.79 Å². The minimum absolute atomic E-state index is 0.145. The molecule has 1 aliphatic rings. The summed E-state index contributed by atoms with van der Waals surface area (Å²) in [5.74, 6) is 2.61. The number of allylic oxidation sites excluding steroid dienone is 1. The Hall–Kier alpha value is -2.95. The first-order valence-electron chi connectivity index (χ1n) is 8.01. The molecule has 0 N–H and O–H groups in total. The molecule has 0 saturated heterocycles. The Morgan fingerprint density at radius 3 is 2.56 bits per heavy atom. The minimum atomic E-state index is -0.145. The Balaban J connectivity index is 1.99. The van der Waals surface area contributed by atoms with Crippen molar-refractivity contribution in [1.82, 2.24) is 0 Å². The van der Waals surface area contributed by atoms with E-state index in [1.807, 2.05) is 26.0 Å². The lowest BCUT2D eigenvalue weighted by Gasteiger charge is -2.08. The summed E-state index contributed by atoms with van der Waals surface area (Å²) in [6, 6.07) is 8.98. The quantitative estimate of drug-likeness (QED) is 0.769. The molecule has 0 radical (unpaired) electrons. The van der Waals surface area contributed by atoms with E-state index in [-0.39, 0.29) is 11.5 Å². The number of Topliss-reactive ketones (excluding diaryl/α,β-unsaturated/α-hetero) is 1. The molecule has 1 heterocycles. The van der Waals surface area contributed by atoms with Crippen molar-refractivity contribution in [3.63, 3.8) is 0 Å². The molecule has 0 amide bonds. The molecule has 25 heavy (non-hydrogen) atoms. The predicted molar refractivity (Wildman–Crippen MR) is 94.8 cm³/mol. The number of carbonyl (C=O) groups is 1. The summed E-state index contributed by atoms with van der Waals surface area (Å²) >= 11 is 0. The largest absolute Gasteiger partial charge is 0.497 e. The monoisotopic (exact) mass is 340 g/mol. The lowest BCUT2D eigenvalue weighted by molar-refractivity contribution is 0.101. The van der Waals surface area contributed by atoms with Gasteiger partial charge >= 0.3 is 0 Å². The smallest absolute Gasteiger partial charge is 0.232 e. The van der Waals surface area contributed by atoms with Crippen molar-refractivity contribution in [2.45, 2.75) is 13.8 Å². The van der Waals surface area contributed by atoms with Gasteiger partial charge in [-0.3, -0.25) is 4.79 Å². The fourth-order valence-electron chi connectivity index (χ4n) is 2.81. The highest BCUT2D eigenvalue weighted by Gasteiger charge is 2.30. The van der Waals surface area contributed by atoms with Crippen LogP contribution in [0.15, 0.2) is 36.1 Å². The third kappa shape index (κ3) is 3.18. The highest BCUT2D eigenvalue weighted by Crippen LogP contribution is 2.38. The van der Waals surface area contributed by atoms with Crippen molar-refractivity contribution < 1.29 is 23.7 Å². The number of hydrogen-bond donors (Lipinski definition) is 0. The number of ketones is 1. The molecule has 0 atom stereocenters. The molecule has 1 aliphatic heterocycles. The normalized spacial score (nSPS) is 14.2. The second kappa shape index (κ2) is 6.89. The van der Waals surface area contributed by atoms with Crippen LogP contribution >= 0.6 is 0 Å². The van der Waals surface area contributed by atoms with Gasteiger partial charge in [-0.2, -0.15) is 0 Å². The van der Waals surface area contributed by atoms with E-state index in [2.05, 4.69) is 0 Å². The van der Waals surface area contributed by atoms with Gasteiger partial charge in [0.05, 0.1) is 26.4 Å². The van der Waals surface area contributed by atoms with Gasteiger partial charge in [0.25, 0.3) is 0 Å². The topological polar surface area (TPSA) is 54.0 Å². The van der Waals surface area contributed by atoms with Gasteiger partial charge in [-0.15, -0.1) is 0 Å². The molecule has 0 aliphatic carbocycles. The van der Waals surface area contributed by atoms with E-state index < -0.39 is 0 Å². The molecule has 3 rings (SSSR count). The Labute approximate surface area is 146 Å². The van der Waals surface area contributed by atoms with Crippen molar-refractivity contribution >= 4 is 11.9 Å². The summed E-state index contributed by atoms with van der Waals surface area (Å²) in [5.41, 5.74) is 2.14. The van der Waals surface area contributed by atoms with E-state index in [4.69, 9.17) is 18.9 Å². The van der Waals surface area contributed by atoms with Gasteiger partial charge in [-0.25, -0.2) is 0 Å². The fourth-order valence-corrected chi connectivity index (χ4v) is 2.81. The first kappa shape index (κ1) is 16.9. The van der Waals surface area contributed by atoms with Crippen LogP contribution in [0.25, 0.3) is 6.08 Å². The molecule has 2 aromatic carbocycles. The molecule has 0 bridgehead atoms. The van der Waals surface area contributed by atoms with Crippen LogP contribution in [0, 0.1) is 6.92 Å². The number of ether oxygens (including phenoxy) is 4. The molecule has 5 nitrogen and oxygen atoms in total. The van der Waals surface area contributed by atoms with Gasteiger partial charge in [-0.1, -0.05) is 0 Å². The van der Waals surface area contributed by atoms with Crippen LogP contribution in [0.3, 0.4) is 0 Å². The maximum absolute atomic E-state index is 12.7. The van der Waals surface area contributed by atoms with Crippen LogP contribution in [0.4, 0.5) is 0 Å². The van der Waals surface area contributed by atoms with Crippen LogP contribution in [-0.4, -0.2) is 26.6 Å². The number of carbonyl (C=O) groups excluding carboxylic acids is 1. The lowest BCUT2D eigenvalue weighted by atomic mass is 10.0. The molecule has 0 saturated carbocycles. The number of fused-ring (bicyclic) bond motifs is 1. The van der Waals surface area contributed by atoms with Crippen molar-refractivity contribution in [2.75, 3.05) is 20.8 Å². The molecular formula is C20H20O5. The molecule has 0 unspecified atom stereocenters. The zero-order chi connectivity index (χ0) is 18.0. The minimum Gasteiger partial charge on any atom is -0.497 e. The van der Waals surface area contributed by atoms with Gasteiger partial charge in [-0.05, 0) is 43.7 Å². The fraction of sp³-hybridized carbons (Fsp3) is 0.250. The molecule has 0 spiro atoms. The van der Waals surface area contributed by atoms with E-state index in [0.29, 0.717) is 35.2 Å². The van der Waals surface area contributed by atoms with Gasteiger partial charge in [0.15, 0.2) is 5.76 Å². The summed E-state index contributed by atoms with van der Waals surface area (Å²) in [6.45, 7) is 4.34. The third-order valence-electron chi connectivity index (χ3n) is 3.98. The Kier molecular flexibility index (Phi) is 4.65. The maximum Gasteiger partial charge on any atom is 0.232 e. The average molecular weight is 340 g/mol. The highest BCUT2D eigenvalue weighted by atomic mass is 16.5. The number of benzene rings is 2. The number of hydrogen-bond acceptors (Lipinski definition) is 5. The zero-order valence-corrected chi connectivity index (χ0v) is 14.7. The molecule has 130 valence electrons. The van der Waals surface area contributed by atoms with E-state index in [0.717, 1.165) is 11.1 Å². The van der Waals surface area contributed by atoms with Crippen molar-refractivity contribution in [3.8, 4) is 23.0 Å².